The molecule has 120 valence electrons. The minimum absolute atomic E-state index is 0.193. The van der Waals surface area contributed by atoms with Gasteiger partial charge in [-0.2, -0.15) is 5.10 Å². The lowest BCUT2D eigenvalue weighted by molar-refractivity contribution is 0.194. The number of aromatic nitrogens is 4. The van der Waals surface area contributed by atoms with Crippen molar-refractivity contribution in [2.75, 3.05) is 7.05 Å². The molecule has 2 aromatic heterocycles. The average molecular weight is 345 g/mol. The van der Waals surface area contributed by atoms with Gasteiger partial charge in [-0.05, 0) is 38.3 Å². The van der Waals surface area contributed by atoms with E-state index in [0.29, 0.717) is 18.0 Å². The molecule has 0 saturated carbocycles. The third-order valence-corrected chi connectivity index (χ3v) is 5.46. The monoisotopic (exact) mass is 345 g/mol. The van der Waals surface area contributed by atoms with E-state index in [-0.39, 0.29) is 6.04 Å². The zero-order valence-electron chi connectivity index (χ0n) is 13.2. The Morgan fingerprint density at radius 2 is 2.22 bits per heavy atom. The highest BCUT2D eigenvalue weighted by Gasteiger charge is 2.17. The Balaban J connectivity index is 1.78. The molecule has 0 radical (unpaired) electrons. The second-order valence-electron chi connectivity index (χ2n) is 5.45. The Labute approximate surface area is 144 Å². The maximum Gasteiger partial charge on any atom is 0.199 e. The van der Waals surface area contributed by atoms with E-state index in [1.165, 1.54) is 4.70 Å². The zero-order chi connectivity index (χ0) is 16.4. The molecule has 0 aliphatic heterocycles. The zero-order valence-corrected chi connectivity index (χ0v) is 14.8. The van der Waals surface area contributed by atoms with Gasteiger partial charge in [-0.15, -0.1) is 17.9 Å². The first-order valence-electron chi connectivity index (χ1n) is 7.39. The summed E-state index contributed by atoms with van der Waals surface area (Å²) < 4.78 is 5.64. The summed E-state index contributed by atoms with van der Waals surface area (Å²) in [6, 6.07) is 8.42. The van der Waals surface area contributed by atoms with E-state index in [9.17, 15) is 0 Å². The predicted octanol–water partition coefficient (Wildman–Crippen LogP) is 3.86. The van der Waals surface area contributed by atoms with Crippen molar-refractivity contribution < 1.29 is 0 Å². The van der Waals surface area contributed by atoms with E-state index in [1.807, 2.05) is 27.5 Å². The van der Waals surface area contributed by atoms with E-state index in [1.54, 1.807) is 17.7 Å². The molecule has 0 N–H and O–H groups in total. The van der Waals surface area contributed by atoms with Gasteiger partial charge in [-0.25, -0.2) is 9.67 Å². The molecule has 2 heterocycles. The SMILES string of the molecule is C=CCn1cnn(CN(C)[C@@H](C)c2nc3ccccc3s2)c1=S. The number of benzene rings is 1. The first-order chi connectivity index (χ1) is 11.1. The number of rotatable bonds is 6. The molecule has 3 aromatic rings. The molecule has 0 fully saturated rings. The van der Waals surface area contributed by atoms with Gasteiger partial charge in [0.2, 0.25) is 0 Å². The Bertz CT molecular complexity index is 843. The summed E-state index contributed by atoms with van der Waals surface area (Å²) in [5, 5.41) is 5.46. The summed E-state index contributed by atoms with van der Waals surface area (Å²) in [5.41, 5.74) is 1.06. The molecule has 1 atom stereocenters. The molecule has 0 aliphatic rings. The van der Waals surface area contributed by atoms with E-state index in [2.05, 4.69) is 42.7 Å². The van der Waals surface area contributed by atoms with Crippen LogP contribution in [-0.4, -0.2) is 31.3 Å². The van der Waals surface area contributed by atoms with Crippen molar-refractivity contribution in [2.24, 2.45) is 0 Å². The van der Waals surface area contributed by atoms with Crippen LogP contribution in [0.5, 0.6) is 0 Å². The summed E-state index contributed by atoms with van der Waals surface area (Å²) >= 11 is 7.18. The van der Waals surface area contributed by atoms with Crippen molar-refractivity contribution >= 4 is 33.8 Å². The molecule has 0 aliphatic carbocycles. The fraction of sp³-hybridized carbons (Fsp3) is 0.312. The summed E-state index contributed by atoms with van der Waals surface area (Å²) in [4.78, 5) is 6.93. The van der Waals surface area contributed by atoms with Crippen LogP contribution in [0.4, 0.5) is 0 Å². The first kappa shape index (κ1) is 16.0. The first-order valence-corrected chi connectivity index (χ1v) is 8.61. The third kappa shape index (κ3) is 3.26. The second-order valence-corrected chi connectivity index (χ2v) is 6.88. The van der Waals surface area contributed by atoms with E-state index < -0.39 is 0 Å². The highest BCUT2D eigenvalue weighted by atomic mass is 32.1. The summed E-state index contributed by atoms with van der Waals surface area (Å²) in [7, 11) is 2.06. The third-order valence-electron chi connectivity index (χ3n) is 3.81. The number of allylic oxidation sites excluding steroid dienone is 1. The van der Waals surface area contributed by atoms with Crippen LogP contribution in [0, 0.1) is 4.77 Å². The van der Waals surface area contributed by atoms with Gasteiger partial charge in [-0.1, -0.05) is 18.2 Å². The lowest BCUT2D eigenvalue weighted by Gasteiger charge is -2.22. The predicted molar refractivity (Wildman–Crippen MR) is 97.0 cm³/mol. The average Bonchev–Trinajstić information content (AvgIpc) is 3.12. The Hall–Kier alpha value is -1.83. The fourth-order valence-electron chi connectivity index (χ4n) is 2.32. The Morgan fingerprint density at radius 3 is 2.96 bits per heavy atom. The summed E-state index contributed by atoms with van der Waals surface area (Å²) in [6.07, 6.45) is 3.56. The van der Waals surface area contributed by atoms with E-state index in [4.69, 9.17) is 17.2 Å². The molecule has 5 nitrogen and oxygen atoms in total. The number of fused-ring (bicyclic) bond motifs is 1. The molecule has 3 rings (SSSR count). The van der Waals surface area contributed by atoms with Gasteiger partial charge in [-0.3, -0.25) is 4.90 Å². The minimum Gasteiger partial charge on any atom is -0.303 e. The lowest BCUT2D eigenvalue weighted by atomic mass is 10.3. The van der Waals surface area contributed by atoms with Crippen LogP contribution in [0.15, 0.2) is 43.2 Å². The topological polar surface area (TPSA) is 38.9 Å². The molecule has 0 bridgehead atoms. The Kier molecular flexibility index (Phi) is 4.70. The molecule has 0 spiro atoms. The minimum atomic E-state index is 0.193. The maximum atomic E-state index is 5.44. The maximum absolute atomic E-state index is 5.44. The highest BCUT2D eigenvalue weighted by molar-refractivity contribution is 7.71. The van der Waals surface area contributed by atoms with Crippen molar-refractivity contribution in [1.82, 2.24) is 24.2 Å². The second kappa shape index (κ2) is 6.74. The molecular weight excluding hydrogens is 326 g/mol. The van der Waals surface area contributed by atoms with Gasteiger partial charge in [0.1, 0.15) is 11.3 Å². The number of nitrogens with zero attached hydrogens (tertiary/aromatic N) is 5. The van der Waals surface area contributed by atoms with Crippen LogP contribution in [0.3, 0.4) is 0 Å². The van der Waals surface area contributed by atoms with Crippen LogP contribution >= 0.6 is 23.6 Å². The largest absolute Gasteiger partial charge is 0.303 e. The Morgan fingerprint density at radius 1 is 1.43 bits per heavy atom. The van der Waals surface area contributed by atoms with Gasteiger partial charge < -0.3 is 4.57 Å². The van der Waals surface area contributed by atoms with Crippen LogP contribution in [0.25, 0.3) is 10.2 Å². The normalized spacial score (nSPS) is 12.8. The van der Waals surface area contributed by atoms with Gasteiger partial charge >= 0.3 is 0 Å². The summed E-state index contributed by atoms with van der Waals surface area (Å²) in [6.45, 7) is 7.19. The molecular formula is C16H19N5S2. The lowest BCUT2D eigenvalue weighted by Crippen LogP contribution is -2.26. The molecule has 0 unspecified atom stereocenters. The standard InChI is InChI=1S/C16H19N5S2/c1-4-9-20-10-17-21(16(20)22)11-19(3)12(2)15-18-13-7-5-6-8-14(13)23-15/h4-8,10,12H,1,9,11H2,2-3H3/t12-/m0/s1. The number of hydrogen-bond donors (Lipinski definition) is 0. The van der Waals surface area contributed by atoms with Crippen molar-refractivity contribution in [3.63, 3.8) is 0 Å². The molecule has 7 heteroatoms. The van der Waals surface area contributed by atoms with E-state index >= 15 is 0 Å². The molecule has 0 amide bonds. The highest BCUT2D eigenvalue weighted by Crippen LogP contribution is 2.28. The van der Waals surface area contributed by atoms with Gasteiger partial charge in [0.15, 0.2) is 4.77 Å². The van der Waals surface area contributed by atoms with Crippen LogP contribution < -0.4 is 0 Å². The summed E-state index contributed by atoms with van der Waals surface area (Å²) in [5.74, 6) is 0. The number of hydrogen-bond acceptors (Lipinski definition) is 5. The number of thiazole rings is 1. The van der Waals surface area contributed by atoms with Crippen molar-refractivity contribution in [2.45, 2.75) is 26.2 Å². The van der Waals surface area contributed by atoms with Crippen molar-refractivity contribution in [1.29, 1.82) is 0 Å². The van der Waals surface area contributed by atoms with Crippen LogP contribution in [-0.2, 0) is 13.2 Å². The molecule has 1 aromatic carbocycles. The van der Waals surface area contributed by atoms with Gasteiger partial charge in [0.05, 0.1) is 22.9 Å². The van der Waals surface area contributed by atoms with E-state index in [0.717, 1.165) is 10.5 Å². The van der Waals surface area contributed by atoms with Crippen molar-refractivity contribution in [3.05, 3.63) is 53.0 Å². The quantitative estimate of drug-likeness (QED) is 0.502. The van der Waals surface area contributed by atoms with Crippen LogP contribution in [0.2, 0.25) is 0 Å². The molecule has 23 heavy (non-hydrogen) atoms. The van der Waals surface area contributed by atoms with Gasteiger partial charge in [0, 0.05) is 6.54 Å². The smallest absolute Gasteiger partial charge is 0.199 e. The van der Waals surface area contributed by atoms with Gasteiger partial charge in [0.25, 0.3) is 0 Å². The van der Waals surface area contributed by atoms with Crippen molar-refractivity contribution in [3.8, 4) is 0 Å². The molecule has 0 saturated heterocycles. The number of para-hydroxylation sites is 1. The van der Waals surface area contributed by atoms with Crippen LogP contribution in [0.1, 0.15) is 18.0 Å². The fourth-order valence-corrected chi connectivity index (χ4v) is 3.64.